The molecule has 3 rings (SSSR count). The number of aldehydes is 1. The zero-order valence-corrected chi connectivity index (χ0v) is 26.0. The van der Waals surface area contributed by atoms with E-state index in [0.717, 1.165) is 6.29 Å². The molecule has 0 aliphatic carbocycles. The molecule has 44 heavy (non-hydrogen) atoms. The number of nitro groups is 1. The van der Waals surface area contributed by atoms with Crippen molar-refractivity contribution in [2.45, 2.75) is 51.8 Å². The van der Waals surface area contributed by atoms with Crippen molar-refractivity contribution in [1.29, 1.82) is 1.43 Å². The van der Waals surface area contributed by atoms with Crippen LogP contribution >= 0.6 is 8.30 Å². The third-order valence-electron chi connectivity index (χ3n) is 6.98. The average Bonchev–Trinajstić information content (AvgIpc) is 3.42. The second-order valence-corrected chi connectivity index (χ2v) is 11.5. The van der Waals surface area contributed by atoms with Crippen molar-refractivity contribution < 1.29 is 39.7 Å². The second kappa shape index (κ2) is 18.3. The van der Waals surface area contributed by atoms with Crippen molar-refractivity contribution in [3.05, 3.63) is 72.5 Å². The van der Waals surface area contributed by atoms with E-state index in [-0.39, 0.29) is 38.3 Å². The maximum atomic E-state index is 12.7. The summed E-state index contributed by atoms with van der Waals surface area (Å²) in [7, 11) is 0.286. The number of aromatic nitrogens is 2. The highest BCUT2D eigenvalue weighted by molar-refractivity contribution is 7.49. The van der Waals surface area contributed by atoms with Crippen LogP contribution in [0.15, 0.2) is 40.1 Å². The van der Waals surface area contributed by atoms with E-state index in [2.05, 4.69) is 15.2 Å². The summed E-state index contributed by atoms with van der Waals surface area (Å²) in [5.74, 6) is -1.49. The van der Waals surface area contributed by atoms with Crippen LogP contribution in [-0.4, -0.2) is 79.9 Å². The number of hydrogen-bond donors (Lipinski definition) is 3. The van der Waals surface area contributed by atoms with E-state index in [4.69, 9.17) is 21.5 Å². The number of aromatic amines is 1. The number of carbonyl (C=O) groups excluding carboxylic acids is 2. The SMILES string of the molecule is [2H]CC1C(OC(=O)OCC(C)C(CCOP(C)NCCC=O)c2ccccc2[N+](=O)[O-])OCC1n1cc(C)c(=O)[nH]c1=O.[3H]OC. The lowest BCUT2D eigenvalue weighted by Crippen LogP contribution is -2.36. The Balaban J connectivity index is 0.00000236. The van der Waals surface area contributed by atoms with Crippen LogP contribution in [0.2, 0.25) is 0 Å². The molecule has 1 fully saturated rings. The Morgan fingerprint density at radius 2 is 2.18 bits per heavy atom. The Hall–Kier alpha value is -3.49. The Bertz CT molecular complexity index is 1400. The van der Waals surface area contributed by atoms with Crippen molar-refractivity contribution in [1.82, 2.24) is 14.6 Å². The molecule has 0 radical (unpaired) electrons. The summed E-state index contributed by atoms with van der Waals surface area (Å²) in [6, 6.07) is 5.73. The summed E-state index contributed by atoms with van der Waals surface area (Å²) >= 11 is 0. The number of para-hydroxylation sites is 1. The molecule has 1 aromatic heterocycles. The number of benzene rings is 1. The summed E-state index contributed by atoms with van der Waals surface area (Å²) < 4.78 is 37.1. The number of hydrogen-bond acceptors (Lipinski definition) is 12. The van der Waals surface area contributed by atoms with Crippen LogP contribution in [0.25, 0.3) is 0 Å². The van der Waals surface area contributed by atoms with Gasteiger partial charge < -0.3 is 28.6 Å². The van der Waals surface area contributed by atoms with Gasteiger partial charge in [-0.15, -0.1) is 0 Å². The van der Waals surface area contributed by atoms with Crippen LogP contribution in [0.3, 0.4) is 0 Å². The topological polar surface area (TPSA) is 201 Å². The van der Waals surface area contributed by atoms with E-state index >= 15 is 0 Å². The van der Waals surface area contributed by atoms with Gasteiger partial charge in [-0.05, 0) is 31.8 Å². The van der Waals surface area contributed by atoms with E-state index in [1.165, 1.54) is 23.9 Å². The summed E-state index contributed by atoms with van der Waals surface area (Å²) in [5.41, 5.74) is -0.434. The first-order valence-electron chi connectivity index (χ1n) is 14.9. The monoisotopic (exact) mass is 643 g/mol. The average molecular weight is 644 g/mol. The number of carbonyl (C=O) groups is 2. The van der Waals surface area contributed by atoms with Gasteiger partial charge in [-0.3, -0.25) is 29.5 Å². The van der Waals surface area contributed by atoms with Crippen LogP contribution in [0.5, 0.6) is 0 Å². The van der Waals surface area contributed by atoms with Crippen molar-refractivity contribution in [2.24, 2.45) is 11.8 Å². The van der Waals surface area contributed by atoms with Gasteiger partial charge in [-0.2, -0.15) is 0 Å². The van der Waals surface area contributed by atoms with Gasteiger partial charge in [-0.25, -0.2) is 9.59 Å². The third-order valence-corrected chi connectivity index (χ3v) is 8.22. The molecule has 0 bridgehead atoms. The number of ether oxygens (including phenoxy) is 3. The number of aliphatic hydroxyl groups is 1. The Morgan fingerprint density at radius 3 is 2.86 bits per heavy atom. The van der Waals surface area contributed by atoms with Gasteiger partial charge in [0.2, 0.25) is 7.72 Å². The first kappa shape index (κ1) is 33.4. The standard InChI is InChI=1S/C27H37N4O10P.CH4O/c1-17-14-30(26(34)29-24(17)33)23-16-38-25(19(23)3)41-27(35)39-15-18(2)20(10-13-40-42(4)28-11-7-12-32)21-8-5-6-9-22(21)31(36)37;1-2/h5-6,8-9,12,14,18-20,23,25,28H,7,10-11,13,15-16H2,1-4H3,(H,29,33,34);2H,1H3/i3D;2T. The van der Waals surface area contributed by atoms with Crippen molar-refractivity contribution in [3.8, 4) is 0 Å². The minimum atomic E-state index is -1.15. The molecule has 2 aromatic rings. The zero-order chi connectivity index (χ0) is 34.2. The summed E-state index contributed by atoms with van der Waals surface area (Å²) in [6.45, 7) is 5.58. The maximum Gasteiger partial charge on any atom is 0.510 e. The maximum absolute atomic E-state index is 12.7. The summed E-state index contributed by atoms with van der Waals surface area (Å²) in [4.78, 5) is 60.8. The lowest BCUT2D eigenvalue weighted by Gasteiger charge is -2.25. The third kappa shape index (κ3) is 10.3. The fraction of sp³-hybridized carbons (Fsp3) is 0.571. The van der Waals surface area contributed by atoms with Crippen LogP contribution in [0, 0.1) is 28.9 Å². The van der Waals surface area contributed by atoms with E-state index in [1.54, 1.807) is 32.0 Å². The van der Waals surface area contributed by atoms with Gasteiger partial charge >= 0.3 is 11.8 Å². The quantitative estimate of drug-likeness (QED) is 0.0641. The highest BCUT2D eigenvalue weighted by Gasteiger charge is 2.39. The van der Waals surface area contributed by atoms with Crippen LogP contribution in [0.4, 0.5) is 10.5 Å². The summed E-state index contributed by atoms with van der Waals surface area (Å²) in [6.07, 6.45) is 0.755. The Labute approximate surface area is 258 Å². The number of aliphatic hydroxyl groups excluding tert-OH is 1. The van der Waals surface area contributed by atoms with Gasteiger partial charge in [0.05, 0.1) is 39.1 Å². The second-order valence-electron chi connectivity index (χ2n) is 9.97. The Morgan fingerprint density at radius 1 is 1.45 bits per heavy atom. The van der Waals surface area contributed by atoms with Crippen LogP contribution < -0.4 is 16.3 Å². The zero-order valence-electron chi connectivity index (χ0n) is 27.1. The molecule has 1 aliphatic heterocycles. The first-order chi connectivity index (χ1) is 22.0. The molecular weight excluding hydrogens is 599 g/mol. The van der Waals surface area contributed by atoms with E-state index in [0.29, 0.717) is 30.5 Å². The molecule has 0 amide bonds. The van der Waals surface area contributed by atoms with Gasteiger partial charge in [0.15, 0.2) is 0 Å². The largest absolute Gasteiger partial charge is 0.510 e. The van der Waals surface area contributed by atoms with Gasteiger partial charge in [-0.1, -0.05) is 32.0 Å². The van der Waals surface area contributed by atoms with Gasteiger partial charge in [0.25, 0.3) is 11.2 Å². The number of aryl methyl sites for hydroxylation is 1. The normalized spacial score (nSPS) is 20.2. The molecule has 0 saturated carbocycles. The van der Waals surface area contributed by atoms with Gasteiger partial charge in [0, 0.05) is 50.8 Å². The number of nitro benzene ring substituents is 1. The van der Waals surface area contributed by atoms with Crippen LogP contribution in [-0.2, 0) is 23.5 Å². The molecule has 244 valence electrons. The molecular formula is C28H41N4O11P. The molecule has 1 aromatic carbocycles. The van der Waals surface area contributed by atoms with Crippen molar-refractivity contribution >= 4 is 26.4 Å². The minimum Gasteiger partial charge on any atom is -0.434 e. The minimum absolute atomic E-state index is 0.0208. The molecule has 16 heteroatoms. The van der Waals surface area contributed by atoms with E-state index < -0.39 is 54.8 Å². The molecule has 15 nitrogen and oxygen atoms in total. The molecule has 6 unspecified atom stereocenters. The predicted molar refractivity (Wildman–Crippen MR) is 162 cm³/mol. The summed E-state index contributed by atoms with van der Waals surface area (Å²) in [5, 5.41) is 18.4. The molecule has 6 atom stereocenters. The molecule has 1 saturated heterocycles. The Kier molecular flexibility index (Phi) is 13.9. The lowest BCUT2D eigenvalue weighted by atomic mass is 9.84. The smallest absolute Gasteiger partial charge is 0.434 e. The number of rotatable bonds is 15. The number of H-pyrrole nitrogens is 1. The lowest BCUT2D eigenvalue weighted by molar-refractivity contribution is -0.385. The molecule has 3 N–H and O–H groups in total. The van der Waals surface area contributed by atoms with Crippen molar-refractivity contribution in [2.75, 3.05) is 40.1 Å². The van der Waals surface area contributed by atoms with Crippen molar-refractivity contribution in [3.63, 3.8) is 0 Å². The first-order valence-corrected chi connectivity index (χ1v) is 15.5. The van der Waals surface area contributed by atoms with E-state index in [1.807, 2.05) is 6.66 Å². The fourth-order valence-corrected chi connectivity index (χ4v) is 5.58. The number of nitrogens with zero attached hydrogens (tertiary/aromatic N) is 2. The van der Waals surface area contributed by atoms with Gasteiger partial charge in [0.1, 0.15) is 6.29 Å². The number of nitrogens with one attached hydrogen (secondary N) is 2. The highest BCUT2D eigenvalue weighted by atomic mass is 31.2. The van der Waals surface area contributed by atoms with E-state index in [9.17, 15) is 29.3 Å². The molecule has 0 spiro atoms. The predicted octanol–water partition coefficient (Wildman–Crippen LogP) is 3.00. The van der Waals surface area contributed by atoms with Crippen LogP contribution in [0.1, 0.15) is 51.1 Å². The fourth-order valence-electron chi connectivity index (χ4n) is 4.66. The molecule has 1 aliphatic rings. The molecule has 2 heterocycles. The highest BCUT2D eigenvalue weighted by Crippen LogP contribution is 2.37.